The summed E-state index contributed by atoms with van der Waals surface area (Å²) in [6.45, 7) is 1.64. The number of nitrogens with one attached hydrogen (secondary N) is 2. The van der Waals surface area contributed by atoms with Crippen LogP contribution in [-0.4, -0.2) is 30.6 Å². The van der Waals surface area contributed by atoms with Gasteiger partial charge in [-0.1, -0.05) is 11.6 Å². The van der Waals surface area contributed by atoms with Crippen molar-refractivity contribution in [2.75, 3.05) is 5.32 Å². The highest BCUT2D eigenvalue weighted by molar-refractivity contribution is 6.32. The monoisotopic (exact) mass is 440 g/mol. The molecule has 3 aromatic heterocycles. The van der Waals surface area contributed by atoms with Crippen LogP contribution in [0.1, 0.15) is 16.1 Å². The Balaban J connectivity index is 1.77. The predicted octanol–water partition coefficient (Wildman–Crippen LogP) is 3.34. The number of amides is 1. The van der Waals surface area contributed by atoms with Gasteiger partial charge < -0.3 is 9.73 Å². The Morgan fingerprint density at radius 2 is 2.10 bits per heavy atom. The van der Waals surface area contributed by atoms with Crippen LogP contribution in [0.3, 0.4) is 0 Å². The van der Waals surface area contributed by atoms with Gasteiger partial charge in [-0.05, 0) is 31.2 Å². The Bertz CT molecular complexity index is 1360. The van der Waals surface area contributed by atoms with E-state index >= 15 is 0 Å². The second-order valence-electron chi connectivity index (χ2n) is 6.39. The van der Waals surface area contributed by atoms with Crippen LogP contribution in [0.4, 0.5) is 11.5 Å². The van der Waals surface area contributed by atoms with Crippen molar-refractivity contribution in [2.45, 2.75) is 6.92 Å². The standard InChI is InChI=1S/C19H13ClN6O5/c1-10-7-17(27)23-19(21-10)25-16(9-13(24-25)15-3-2-6-31-15)22-18(28)11-4-5-12(20)14(8-11)26(29)30/h2-9H,1H3,(H,22,28)(H,21,23,27). The van der Waals surface area contributed by atoms with E-state index in [9.17, 15) is 19.7 Å². The number of benzene rings is 1. The molecule has 0 aliphatic rings. The molecule has 0 aliphatic carbocycles. The van der Waals surface area contributed by atoms with E-state index in [2.05, 4.69) is 20.4 Å². The number of carbonyl (C=O) groups is 1. The Labute approximate surface area is 178 Å². The fourth-order valence-electron chi connectivity index (χ4n) is 2.82. The van der Waals surface area contributed by atoms with Gasteiger partial charge in [0.25, 0.3) is 17.2 Å². The van der Waals surface area contributed by atoms with E-state index in [1.807, 2.05) is 0 Å². The number of aromatic nitrogens is 4. The minimum atomic E-state index is -0.681. The number of aryl methyl sites for hydroxylation is 1. The van der Waals surface area contributed by atoms with Crippen molar-refractivity contribution < 1.29 is 14.1 Å². The SMILES string of the molecule is Cc1cc(=O)[nH]c(-n2nc(-c3ccco3)cc2NC(=O)c2ccc(Cl)c([N+](=O)[O-])c2)n1. The number of hydrogen-bond acceptors (Lipinski definition) is 7. The molecule has 4 rings (SSSR count). The minimum Gasteiger partial charge on any atom is -0.463 e. The first-order valence-corrected chi connectivity index (χ1v) is 9.17. The van der Waals surface area contributed by atoms with Crippen LogP contribution in [0.15, 0.2) is 57.9 Å². The Hall–Kier alpha value is -4.25. The van der Waals surface area contributed by atoms with E-state index in [1.54, 1.807) is 19.1 Å². The molecule has 1 aromatic carbocycles. The molecule has 0 spiro atoms. The maximum atomic E-state index is 12.8. The zero-order valence-corrected chi connectivity index (χ0v) is 16.6. The number of anilines is 1. The second-order valence-corrected chi connectivity index (χ2v) is 6.80. The molecule has 31 heavy (non-hydrogen) atoms. The van der Waals surface area contributed by atoms with E-state index in [4.69, 9.17) is 16.0 Å². The van der Waals surface area contributed by atoms with Crippen molar-refractivity contribution in [1.29, 1.82) is 0 Å². The van der Waals surface area contributed by atoms with Crippen LogP contribution in [0.25, 0.3) is 17.4 Å². The summed E-state index contributed by atoms with van der Waals surface area (Å²) in [6, 6.07) is 9.86. The van der Waals surface area contributed by atoms with Crippen LogP contribution >= 0.6 is 11.6 Å². The highest BCUT2D eigenvalue weighted by atomic mass is 35.5. The molecule has 0 saturated carbocycles. The van der Waals surface area contributed by atoms with Crippen LogP contribution in [0, 0.1) is 17.0 Å². The van der Waals surface area contributed by atoms with Gasteiger partial charge in [-0.15, -0.1) is 0 Å². The number of aromatic amines is 1. The fourth-order valence-corrected chi connectivity index (χ4v) is 3.01. The van der Waals surface area contributed by atoms with E-state index < -0.39 is 22.1 Å². The lowest BCUT2D eigenvalue weighted by Crippen LogP contribution is -2.19. The maximum absolute atomic E-state index is 12.8. The number of nitrogens with zero attached hydrogens (tertiary/aromatic N) is 4. The van der Waals surface area contributed by atoms with Gasteiger partial charge in [0.2, 0.25) is 5.95 Å². The van der Waals surface area contributed by atoms with Gasteiger partial charge in [0.15, 0.2) is 5.76 Å². The van der Waals surface area contributed by atoms with Crippen molar-refractivity contribution in [3.05, 3.63) is 85.5 Å². The first-order chi connectivity index (χ1) is 14.8. The molecular formula is C19H13ClN6O5. The molecule has 0 atom stereocenters. The summed E-state index contributed by atoms with van der Waals surface area (Å²) in [5.41, 5.74) is 0.0203. The summed E-state index contributed by atoms with van der Waals surface area (Å²) in [4.78, 5) is 41.9. The van der Waals surface area contributed by atoms with Crippen molar-refractivity contribution in [3.8, 4) is 17.4 Å². The number of nitro groups is 1. The molecule has 0 saturated heterocycles. The molecular weight excluding hydrogens is 428 g/mol. The summed E-state index contributed by atoms with van der Waals surface area (Å²) in [6.07, 6.45) is 1.46. The van der Waals surface area contributed by atoms with E-state index in [-0.39, 0.29) is 22.4 Å². The molecule has 11 nitrogen and oxygen atoms in total. The molecule has 0 radical (unpaired) electrons. The van der Waals surface area contributed by atoms with Crippen molar-refractivity contribution >= 4 is 29.0 Å². The maximum Gasteiger partial charge on any atom is 0.288 e. The summed E-state index contributed by atoms with van der Waals surface area (Å²) in [7, 11) is 0. The Kier molecular flexibility index (Phi) is 5.09. The number of hydrogen-bond donors (Lipinski definition) is 2. The quantitative estimate of drug-likeness (QED) is 0.357. The summed E-state index contributed by atoms with van der Waals surface area (Å²) in [5.74, 6) is -0.00348. The number of rotatable bonds is 5. The van der Waals surface area contributed by atoms with Gasteiger partial charge in [0, 0.05) is 29.5 Å². The predicted molar refractivity (Wildman–Crippen MR) is 110 cm³/mol. The van der Waals surface area contributed by atoms with Crippen molar-refractivity contribution in [2.24, 2.45) is 0 Å². The highest BCUT2D eigenvalue weighted by Gasteiger charge is 2.20. The molecule has 156 valence electrons. The average molecular weight is 441 g/mol. The fraction of sp³-hybridized carbons (Fsp3) is 0.0526. The van der Waals surface area contributed by atoms with Gasteiger partial charge >= 0.3 is 0 Å². The van der Waals surface area contributed by atoms with Gasteiger partial charge in [0.05, 0.1) is 11.2 Å². The third-order valence-corrected chi connectivity index (χ3v) is 4.51. The number of carbonyl (C=O) groups excluding carboxylic acids is 1. The molecule has 12 heteroatoms. The highest BCUT2D eigenvalue weighted by Crippen LogP contribution is 2.27. The first-order valence-electron chi connectivity index (χ1n) is 8.79. The first kappa shape index (κ1) is 20.0. The number of halogens is 1. The summed E-state index contributed by atoms with van der Waals surface area (Å²) in [5, 5.41) is 18.0. The topological polar surface area (TPSA) is 149 Å². The van der Waals surface area contributed by atoms with E-state index in [0.717, 1.165) is 6.07 Å². The summed E-state index contributed by atoms with van der Waals surface area (Å²) < 4.78 is 6.58. The van der Waals surface area contributed by atoms with E-state index in [1.165, 1.54) is 35.2 Å². The second kappa shape index (κ2) is 7.88. The molecule has 3 heterocycles. The minimum absolute atomic E-state index is 0.00842. The Morgan fingerprint density at radius 3 is 2.77 bits per heavy atom. The zero-order chi connectivity index (χ0) is 22.1. The summed E-state index contributed by atoms with van der Waals surface area (Å²) >= 11 is 5.81. The molecule has 0 aliphatic heterocycles. The third kappa shape index (κ3) is 4.07. The molecule has 0 bridgehead atoms. The van der Waals surface area contributed by atoms with Crippen molar-refractivity contribution in [1.82, 2.24) is 19.7 Å². The van der Waals surface area contributed by atoms with Gasteiger partial charge in [0.1, 0.15) is 16.5 Å². The number of furan rings is 1. The molecule has 0 unspecified atom stereocenters. The third-order valence-electron chi connectivity index (χ3n) is 4.19. The lowest BCUT2D eigenvalue weighted by Gasteiger charge is -2.08. The largest absolute Gasteiger partial charge is 0.463 e. The molecule has 2 N–H and O–H groups in total. The van der Waals surface area contributed by atoms with Crippen LogP contribution in [0.2, 0.25) is 5.02 Å². The van der Waals surface area contributed by atoms with Crippen LogP contribution < -0.4 is 10.9 Å². The number of H-pyrrole nitrogens is 1. The van der Waals surface area contributed by atoms with Gasteiger partial charge in [-0.2, -0.15) is 9.78 Å². The normalized spacial score (nSPS) is 10.8. The van der Waals surface area contributed by atoms with Crippen LogP contribution in [0.5, 0.6) is 0 Å². The van der Waals surface area contributed by atoms with Crippen molar-refractivity contribution in [3.63, 3.8) is 0 Å². The zero-order valence-electron chi connectivity index (χ0n) is 15.8. The molecule has 0 fully saturated rings. The van der Waals surface area contributed by atoms with Gasteiger partial charge in [-0.3, -0.25) is 24.7 Å². The van der Waals surface area contributed by atoms with Crippen LogP contribution in [-0.2, 0) is 0 Å². The lowest BCUT2D eigenvalue weighted by atomic mass is 10.2. The van der Waals surface area contributed by atoms with E-state index in [0.29, 0.717) is 17.1 Å². The molecule has 4 aromatic rings. The number of nitro benzene ring substituents is 1. The molecule has 1 amide bonds. The lowest BCUT2D eigenvalue weighted by molar-refractivity contribution is -0.384. The van der Waals surface area contributed by atoms with Gasteiger partial charge in [-0.25, -0.2) is 4.98 Å². The Morgan fingerprint density at radius 1 is 1.29 bits per heavy atom. The average Bonchev–Trinajstić information content (AvgIpc) is 3.37. The smallest absolute Gasteiger partial charge is 0.288 e.